The van der Waals surface area contributed by atoms with Gasteiger partial charge < -0.3 is 20.5 Å². The third kappa shape index (κ3) is 6.43. The Kier molecular flexibility index (Phi) is 8.09. The average Bonchev–Trinajstić information content (AvgIpc) is 3.33. The predicted molar refractivity (Wildman–Crippen MR) is 130 cm³/mol. The minimum absolute atomic E-state index is 0.00952. The summed E-state index contributed by atoms with van der Waals surface area (Å²) in [5.41, 5.74) is 1.48. The Morgan fingerprint density at radius 2 is 1.80 bits per heavy atom. The molecule has 1 aromatic heterocycles. The molecular formula is C25H26ClF2N5O2. The summed E-state index contributed by atoms with van der Waals surface area (Å²) in [6.45, 7) is 3.33. The fourth-order valence-corrected chi connectivity index (χ4v) is 4.34. The smallest absolute Gasteiger partial charge is 0.276 e. The molecule has 0 aliphatic carbocycles. The number of hydrogen-bond donors (Lipinski definition) is 3. The quantitative estimate of drug-likeness (QED) is 0.427. The molecule has 7 nitrogen and oxygen atoms in total. The predicted octanol–water partition coefficient (Wildman–Crippen LogP) is 4.40. The van der Waals surface area contributed by atoms with Gasteiger partial charge in [0.15, 0.2) is 5.69 Å². The van der Waals surface area contributed by atoms with E-state index in [1.54, 1.807) is 24.3 Å². The summed E-state index contributed by atoms with van der Waals surface area (Å²) in [4.78, 5) is 34.4. The molecule has 0 radical (unpaired) electrons. The summed E-state index contributed by atoms with van der Waals surface area (Å²) in [7, 11) is 0. The Morgan fingerprint density at radius 1 is 1.06 bits per heavy atom. The highest BCUT2D eigenvalue weighted by molar-refractivity contribution is 6.31. The number of likely N-dealkylation sites (tertiary alicyclic amines) is 1. The van der Waals surface area contributed by atoms with Gasteiger partial charge in [-0.05, 0) is 49.7 Å². The zero-order chi connectivity index (χ0) is 24.8. The van der Waals surface area contributed by atoms with Crippen molar-refractivity contribution in [3.8, 4) is 0 Å². The van der Waals surface area contributed by atoms with Gasteiger partial charge in [0, 0.05) is 41.9 Å². The second-order valence-electron chi connectivity index (χ2n) is 8.46. The standard InChI is InChI=1S/C25H26ClF2N5O2/c26-20-13-17(27)14-21(28)19(20)12-16-4-6-18(7-5-16)32-25(35)23-22(30-15-31-23)24(34)29-8-11-33-9-2-1-3-10-33/h4-7,13-15H,1-3,8-12H2,(H,29,34)(H,30,31)(H,32,35). The number of amides is 2. The molecule has 0 spiro atoms. The van der Waals surface area contributed by atoms with Gasteiger partial charge in [-0.3, -0.25) is 9.59 Å². The number of rotatable bonds is 8. The van der Waals surface area contributed by atoms with Crippen molar-refractivity contribution < 1.29 is 18.4 Å². The molecule has 3 N–H and O–H groups in total. The van der Waals surface area contributed by atoms with Gasteiger partial charge in [-0.25, -0.2) is 13.8 Å². The van der Waals surface area contributed by atoms with Crippen molar-refractivity contribution in [3.63, 3.8) is 0 Å². The largest absolute Gasteiger partial charge is 0.349 e. The number of anilines is 1. The summed E-state index contributed by atoms with van der Waals surface area (Å²) in [5, 5.41) is 5.56. The van der Waals surface area contributed by atoms with Crippen LogP contribution in [0.5, 0.6) is 0 Å². The first kappa shape index (κ1) is 24.8. The molecule has 4 rings (SSSR count). The van der Waals surface area contributed by atoms with Gasteiger partial charge in [-0.1, -0.05) is 30.2 Å². The Balaban J connectivity index is 1.34. The van der Waals surface area contributed by atoms with Gasteiger partial charge in [0.1, 0.15) is 17.3 Å². The highest BCUT2D eigenvalue weighted by Gasteiger charge is 2.21. The fraction of sp³-hybridized carbons (Fsp3) is 0.320. The van der Waals surface area contributed by atoms with Crippen LogP contribution >= 0.6 is 11.6 Å². The van der Waals surface area contributed by atoms with Crippen molar-refractivity contribution in [3.05, 3.63) is 81.9 Å². The number of carbonyl (C=O) groups excluding carboxylic acids is 2. The van der Waals surface area contributed by atoms with Gasteiger partial charge in [0.05, 0.1) is 6.33 Å². The number of halogens is 3. The molecule has 2 aromatic carbocycles. The lowest BCUT2D eigenvalue weighted by atomic mass is 10.0. The maximum absolute atomic E-state index is 14.1. The molecular weight excluding hydrogens is 476 g/mol. The number of imidazole rings is 1. The maximum atomic E-state index is 14.1. The average molecular weight is 502 g/mol. The van der Waals surface area contributed by atoms with Crippen LogP contribution in [0.25, 0.3) is 0 Å². The second kappa shape index (κ2) is 11.4. The van der Waals surface area contributed by atoms with E-state index in [0.29, 0.717) is 12.2 Å². The third-order valence-electron chi connectivity index (χ3n) is 5.94. The summed E-state index contributed by atoms with van der Waals surface area (Å²) >= 11 is 5.97. The second-order valence-corrected chi connectivity index (χ2v) is 8.87. The number of benzene rings is 2. The first-order chi connectivity index (χ1) is 16.9. The van der Waals surface area contributed by atoms with Crippen molar-refractivity contribution in [2.75, 3.05) is 31.5 Å². The van der Waals surface area contributed by atoms with E-state index in [2.05, 4.69) is 25.5 Å². The minimum Gasteiger partial charge on any atom is -0.349 e. The number of piperidine rings is 1. The molecule has 1 fully saturated rings. The van der Waals surface area contributed by atoms with Crippen LogP contribution in [0.15, 0.2) is 42.7 Å². The van der Waals surface area contributed by atoms with Crippen molar-refractivity contribution in [2.24, 2.45) is 0 Å². The lowest BCUT2D eigenvalue weighted by molar-refractivity contribution is 0.0929. The summed E-state index contributed by atoms with van der Waals surface area (Å²) < 4.78 is 27.3. The number of aromatic nitrogens is 2. The maximum Gasteiger partial charge on any atom is 0.276 e. The lowest BCUT2D eigenvalue weighted by Gasteiger charge is -2.26. The molecule has 0 saturated carbocycles. The lowest BCUT2D eigenvalue weighted by Crippen LogP contribution is -2.38. The molecule has 0 bridgehead atoms. The number of H-pyrrole nitrogens is 1. The van der Waals surface area contributed by atoms with E-state index in [1.807, 2.05) is 0 Å². The molecule has 0 atom stereocenters. The summed E-state index contributed by atoms with van der Waals surface area (Å²) in [5.74, 6) is -2.37. The molecule has 1 aliphatic rings. The van der Waals surface area contributed by atoms with Gasteiger partial charge >= 0.3 is 0 Å². The molecule has 3 aromatic rings. The Morgan fingerprint density at radius 3 is 2.51 bits per heavy atom. The molecule has 2 heterocycles. The summed E-state index contributed by atoms with van der Waals surface area (Å²) in [6, 6.07) is 8.56. The molecule has 0 unspecified atom stereocenters. The van der Waals surface area contributed by atoms with E-state index in [0.717, 1.165) is 37.3 Å². The van der Waals surface area contributed by atoms with Crippen LogP contribution < -0.4 is 10.6 Å². The molecule has 184 valence electrons. The van der Waals surface area contributed by atoms with Crippen molar-refractivity contribution in [2.45, 2.75) is 25.7 Å². The molecule has 10 heteroatoms. The van der Waals surface area contributed by atoms with Crippen molar-refractivity contribution in [1.29, 1.82) is 0 Å². The van der Waals surface area contributed by atoms with Gasteiger partial charge in [-0.2, -0.15) is 0 Å². The van der Waals surface area contributed by atoms with Gasteiger partial charge in [0.2, 0.25) is 0 Å². The Labute approximate surface area is 206 Å². The normalized spacial score (nSPS) is 14.0. The highest BCUT2D eigenvalue weighted by Crippen LogP contribution is 2.24. The van der Waals surface area contributed by atoms with E-state index in [9.17, 15) is 18.4 Å². The zero-order valence-electron chi connectivity index (χ0n) is 19.0. The third-order valence-corrected chi connectivity index (χ3v) is 6.28. The SMILES string of the molecule is O=C(Nc1ccc(Cc2c(F)cc(F)cc2Cl)cc1)c1nc[nH]c1C(=O)NCCN1CCCCC1. The van der Waals surface area contributed by atoms with Crippen LogP contribution in [0.2, 0.25) is 5.02 Å². The van der Waals surface area contributed by atoms with E-state index in [-0.39, 0.29) is 28.4 Å². The van der Waals surface area contributed by atoms with Gasteiger partial charge in [-0.15, -0.1) is 0 Å². The number of hydrogen-bond acceptors (Lipinski definition) is 4. The molecule has 1 saturated heterocycles. The van der Waals surface area contributed by atoms with Gasteiger partial charge in [0.25, 0.3) is 11.8 Å². The Hall–Kier alpha value is -3.30. The van der Waals surface area contributed by atoms with Crippen LogP contribution in [-0.2, 0) is 6.42 Å². The highest BCUT2D eigenvalue weighted by atomic mass is 35.5. The zero-order valence-corrected chi connectivity index (χ0v) is 19.8. The van der Waals surface area contributed by atoms with Crippen molar-refractivity contribution >= 4 is 29.1 Å². The number of carbonyl (C=O) groups is 2. The molecule has 2 amide bonds. The number of aromatic amines is 1. The fourth-order valence-electron chi connectivity index (χ4n) is 4.08. The monoisotopic (exact) mass is 501 g/mol. The van der Waals surface area contributed by atoms with Crippen LogP contribution in [0.1, 0.15) is 51.4 Å². The van der Waals surface area contributed by atoms with Crippen LogP contribution in [0.4, 0.5) is 14.5 Å². The summed E-state index contributed by atoms with van der Waals surface area (Å²) in [6.07, 6.45) is 5.07. The van der Waals surface area contributed by atoms with E-state index in [1.165, 1.54) is 25.6 Å². The molecule has 1 aliphatic heterocycles. The number of nitrogens with zero attached hydrogens (tertiary/aromatic N) is 2. The Bertz CT molecular complexity index is 1170. The van der Waals surface area contributed by atoms with Crippen LogP contribution in [-0.4, -0.2) is 52.9 Å². The van der Waals surface area contributed by atoms with Crippen LogP contribution in [0.3, 0.4) is 0 Å². The van der Waals surface area contributed by atoms with E-state index < -0.39 is 23.4 Å². The first-order valence-electron chi connectivity index (χ1n) is 11.5. The van der Waals surface area contributed by atoms with E-state index >= 15 is 0 Å². The van der Waals surface area contributed by atoms with E-state index in [4.69, 9.17) is 11.6 Å². The topological polar surface area (TPSA) is 90.1 Å². The minimum atomic E-state index is -0.734. The number of nitrogens with one attached hydrogen (secondary N) is 3. The molecule has 35 heavy (non-hydrogen) atoms. The van der Waals surface area contributed by atoms with Crippen molar-refractivity contribution in [1.82, 2.24) is 20.2 Å². The first-order valence-corrected chi connectivity index (χ1v) is 11.9. The van der Waals surface area contributed by atoms with Crippen LogP contribution in [0, 0.1) is 11.6 Å².